The number of carbonyl (C=O) groups is 2. The Morgan fingerprint density at radius 2 is 1.95 bits per heavy atom. The van der Waals surface area contributed by atoms with Gasteiger partial charge in [-0.25, -0.2) is 0 Å². The molecular formula is C18H17NO2. The second-order valence-corrected chi connectivity index (χ2v) is 5.26. The van der Waals surface area contributed by atoms with E-state index in [0.717, 1.165) is 28.8 Å². The van der Waals surface area contributed by atoms with Crippen LogP contribution in [0, 0.1) is 0 Å². The molecule has 0 atom stereocenters. The molecule has 0 aromatic heterocycles. The second kappa shape index (κ2) is 5.52. The Bertz CT molecular complexity index is 719. The van der Waals surface area contributed by atoms with E-state index in [1.165, 1.54) is 0 Å². The van der Waals surface area contributed by atoms with E-state index in [9.17, 15) is 9.59 Å². The molecule has 21 heavy (non-hydrogen) atoms. The van der Waals surface area contributed by atoms with Crippen molar-refractivity contribution in [2.24, 2.45) is 0 Å². The lowest BCUT2D eigenvalue weighted by Crippen LogP contribution is -2.19. The number of amides is 1. The fraction of sp³-hybridized carbons (Fsp3) is 0.222. The molecule has 3 rings (SSSR count). The number of rotatable bonds is 3. The summed E-state index contributed by atoms with van der Waals surface area (Å²) < 4.78 is 0. The van der Waals surface area contributed by atoms with Crippen LogP contribution in [0.4, 0.5) is 5.69 Å². The largest absolute Gasteiger partial charge is 0.326 e. The van der Waals surface area contributed by atoms with Crippen LogP contribution in [0.5, 0.6) is 0 Å². The van der Waals surface area contributed by atoms with E-state index in [-0.39, 0.29) is 11.7 Å². The van der Waals surface area contributed by atoms with Crippen molar-refractivity contribution in [2.45, 2.75) is 26.2 Å². The summed E-state index contributed by atoms with van der Waals surface area (Å²) in [5.41, 5.74) is 4.38. The topological polar surface area (TPSA) is 46.2 Å². The number of hydrogen-bond acceptors (Lipinski definition) is 2. The van der Waals surface area contributed by atoms with Crippen LogP contribution in [0.25, 0.3) is 0 Å². The normalized spacial score (nSPS) is 13.5. The lowest BCUT2D eigenvalue weighted by atomic mass is 9.94. The molecule has 0 saturated heterocycles. The molecule has 1 N–H and O–H groups in total. The molecule has 1 amide bonds. The Balaban J connectivity index is 1.97. The van der Waals surface area contributed by atoms with Gasteiger partial charge in [0.15, 0.2) is 5.78 Å². The molecule has 0 saturated carbocycles. The van der Waals surface area contributed by atoms with Gasteiger partial charge in [0, 0.05) is 23.2 Å². The maximum absolute atomic E-state index is 12.7. The lowest BCUT2D eigenvalue weighted by Gasteiger charge is -2.17. The molecule has 0 spiro atoms. The van der Waals surface area contributed by atoms with E-state index in [2.05, 4.69) is 12.2 Å². The van der Waals surface area contributed by atoms with E-state index >= 15 is 0 Å². The number of aryl methyl sites for hydroxylation is 2. The summed E-state index contributed by atoms with van der Waals surface area (Å²) in [5, 5.41) is 2.84. The molecule has 106 valence electrons. The molecule has 1 aliphatic heterocycles. The van der Waals surface area contributed by atoms with Gasteiger partial charge >= 0.3 is 0 Å². The third-order valence-corrected chi connectivity index (χ3v) is 3.91. The zero-order valence-corrected chi connectivity index (χ0v) is 12.0. The second-order valence-electron chi connectivity index (χ2n) is 5.26. The highest BCUT2D eigenvalue weighted by Gasteiger charge is 2.18. The third kappa shape index (κ3) is 2.59. The van der Waals surface area contributed by atoms with Crippen LogP contribution in [-0.4, -0.2) is 11.7 Å². The average Bonchev–Trinajstić information content (AvgIpc) is 2.53. The lowest BCUT2D eigenvalue weighted by molar-refractivity contribution is -0.116. The van der Waals surface area contributed by atoms with Crippen LogP contribution < -0.4 is 5.32 Å². The van der Waals surface area contributed by atoms with Crippen LogP contribution in [0.3, 0.4) is 0 Å². The number of benzene rings is 2. The molecule has 2 aromatic rings. The van der Waals surface area contributed by atoms with Gasteiger partial charge in [-0.3, -0.25) is 9.59 Å². The van der Waals surface area contributed by atoms with E-state index in [0.29, 0.717) is 18.4 Å². The van der Waals surface area contributed by atoms with Crippen molar-refractivity contribution < 1.29 is 9.59 Å². The highest BCUT2D eigenvalue weighted by Crippen LogP contribution is 2.25. The van der Waals surface area contributed by atoms with Gasteiger partial charge in [0.2, 0.25) is 5.91 Å². The molecular weight excluding hydrogens is 262 g/mol. The Labute approximate surface area is 124 Å². The van der Waals surface area contributed by atoms with Crippen molar-refractivity contribution in [1.82, 2.24) is 0 Å². The molecule has 0 unspecified atom stereocenters. The summed E-state index contributed by atoms with van der Waals surface area (Å²) in [6.07, 6.45) is 2.01. The Hall–Kier alpha value is -2.42. The summed E-state index contributed by atoms with van der Waals surface area (Å²) in [6, 6.07) is 13.2. The van der Waals surface area contributed by atoms with E-state index in [1.54, 1.807) is 6.07 Å². The maximum Gasteiger partial charge on any atom is 0.224 e. The minimum Gasteiger partial charge on any atom is -0.326 e. The average molecular weight is 279 g/mol. The van der Waals surface area contributed by atoms with Gasteiger partial charge in [-0.05, 0) is 42.2 Å². The monoisotopic (exact) mass is 279 g/mol. The number of hydrogen-bond donors (Lipinski definition) is 1. The van der Waals surface area contributed by atoms with Gasteiger partial charge < -0.3 is 5.32 Å². The Morgan fingerprint density at radius 1 is 1.14 bits per heavy atom. The Kier molecular flexibility index (Phi) is 3.57. The quantitative estimate of drug-likeness (QED) is 0.876. The Morgan fingerprint density at radius 3 is 2.76 bits per heavy atom. The van der Waals surface area contributed by atoms with E-state index in [1.807, 2.05) is 36.4 Å². The smallest absolute Gasteiger partial charge is 0.224 e. The molecule has 3 nitrogen and oxygen atoms in total. The van der Waals surface area contributed by atoms with Gasteiger partial charge in [0.1, 0.15) is 0 Å². The van der Waals surface area contributed by atoms with Crippen molar-refractivity contribution in [2.75, 3.05) is 5.32 Å². The van der Waals surface area contributed by atoms with Crippen LogP contribution in [0.2, 0.25) is 0 Å². The number of ketones is 1. The number of fused-ring (bicyclic) bond motifs is 1. The van der Waals surface area contributed by atoms with Crippen molar-refractivity contribution in [1.29, 1.82) is 0 Å². The van der Waals surface area contributed by atoms with Gasteiger partial charge in [0.25, 0.3) is 0 Å². The fourth-order valence-corrected chi connectivity index (χ4v) is 2.73. The van der Waals surface area contributed by atoms with E-state index < -0.39 is 0 Å². The summed E-state index contributed by atoms with van der Waals surface area (Å²) in [5.74, 6) is 0.0880. The summed E-state index contributed by atoms with van der Waals surface area (Å²) in [6.45, 7) is 2.05. The first-order chi connectivity index (χ1) is 10.2. The van der Waals surface area contributed by atoms with Crippen LogP contribution in [0.1, 0.15) is 40.4 Å². The SMILES string of the molecule is CCc1ccccc1C(=O)c1ccc2c(c1)CCC(=O)N2. The van der Waals surface area contributed by atoms with Crippen LogP contribution >= 0.6 is 0 Å². The molecule has 1 heterocycles. The predicted octanol–water partition coefficient (Wildman–Crippen LogP) is 3.36. The molecule has 0 fully saturated rings. The zero-order valence-electron chi connectivity index (χ0n) is 12.0. The molecule has 1 aliphatic rings. The number of nitrogens with one attached hydrogen (secondary N) is 1. The first kappa shape index (κ1) is 13.6. The minimum atomic E-state index is 0.0397. The first-order valence-electron chi connectivity index (χ1n) is 7.24. The van der Waals surface area contributed by atoms with Gasteiger partial charge in [-0.1, -0.05) is 31.2 Å². The molecule has 3 heteroatoms. The van der Waals surface area contributed by atoms with Crippen LogP contribution in [-0.2, 0) is 17.6 Å². The summed E-state index contributed by atoms with van der Waals surface area (Å²) in [4.78, 5) is 24.1. The summed E-state index contributed by atoms with van der Waals surface area (Å²) in [7, 11) is 0. The van der Waals surface area contributed by atoms with Crippen molar-refractivity contribution >= 4 is 17.4 Å². The third-order valence-electron chi connectivity index (χ3n) is 3.91. The number of carbonyl (C=O) groups excluding carboxylic acids is 2. The van der Waals surface area contributed by atoms with Crippen molar-refractivity contribution in [3.63, 3.8) is 0 Å². The summed E-state index contributed by atoms with van der Waals surface area (Å²) >= 11 is 0. The maximum atomic E-state index is 12.7. The van der Waals surface area contributed by atoms with Crippen molar-refractivity contribution in [3.05, 3.63) is 64.7 Å². The van der Waals surface area contributed by atoms with Crippen molar-refractivity contribution in [3.8, 4) is 0 Å². The van der Waals surface area contributed by atoms with Gasteiger partial charge in [-0.2, -0.15) is 0 Å². The fourth-order valence-electron chi connectivity index (χ4n) is 2.73. The number of anilines is 1. The molecule has 0 aliphatic carbocycles. The predicted molar refractivity (Wildman–Crippen MR) is 82.6 cm³/mol. The minimum absolute atomic E-state index is 0.0397. The van der Waals surface area contributed by atoms with Crippen LogP contribution in [0.15, 0.2) is 42.5 Å². The molecule has 0 radical (unpaired) electrons. The molecule has 0 bridgehead atoms. The highest BCUT2D eigenvalue weighted by molar-refractivity contribution is 6.10. The zero-order chi connectivity index (χ0) is 14.8. The highest BCUT2D eigenvalue weighted by atomic mass is 16.1. The van der Waals surface area contributed by atoms with E-state index in [4.69, 9.17) is 0 Å². The van der Waals surface area contributed by atoms with Gasteiger partial charge in [0.05, 0.1) is 0 Å². The van der Waals surface area contributed by atoms with Gasteiger partial charge in [-0.15, -0.1) is 0 Å². The first-order valence-corrected chi connectivity index (χ1v) is 7.24. The standard InChI is InChI=1S/C18H17NO2/c1-2-12-5-3-4-6-15(12)18(21)14-7-9-16-13(11-14)8-10-17(20)19-16/h3-7,9,11H,2,8,10H2,1H3,(H,19,20). The molecule has 2 aromatic carbocycles.